The van der Waals surface area contributed by atoms with Gasteiger partial charge in [0.1, 0.15) is 11.5 Å². The quantitative estimate of drug-likeness (QED) is 0.195. The Morgan fingerprint density at radius 3 is 2.19 bits per heavy atom. The molecule has 0 aliphatic heterocycles. The summed E-state index contributed by atoms with van der Waals surface area (Å²) in [4.78, 5) is 10.0. The predicted molar refractivity (Wildman–Crippen MR) is 127 cm³/mol. The van der Waals surface area contributed by atoms with Gasteiger partial charge in [0.05, 0.1) is 13.7 Å². The largest absolute Gasteiger partial charge is 0.585 e. The highest BCUT2D eigenvalue weighted by Gasteiger charge is 2.27. The van der Waals surface area contributed by atoms with E-state index in [9.17, 15) is 9.46 Å². The Bertz CT molecular complexity index is 811. The van der Waals surface area contributed by atoms with Gasteiger partial charge >= 0.3 is 7.82 Å². The maximum Gasteiger partial charge on any atom is 0.585 e. The van der Waals surface area contributed by atoms with Crippen LogP contribution in [0, 0.1) is 6.07 Å². The smallest absolute Gasteiger partial charge is 0.493 e. The highest BCUT2D eigenvalue weighted by atomic mass is 31.2. The molecule has 0 aliphatic rings. The molecule has 6 nitrogen and oxygen atoms in total. The fraction of sp³-hybridized carbons (Fsp3) is 0.520. The van der Waals surface area contributed by atoms with Crippen LogP contribution in [0.1, 0.15) is 71.1 Å². The summed E-state index contributed by atoms with van der Waals surface area (Å²) in [6.07, 6.45) is 12.7. The lowest BCUT2D eigenvalue weighted by Gasteiger charge is -2.16. The third-order valence-electron chi connectivity index (χ3n) is 5.01. The third kappa shape index (κ3) is 10.4. The van der Waals surface area contributed by atoms with Gasteiger partial charge in [-0.25, -0.2) is 4.57 Å². The third-order valence-corrected chi connectivity index (χ3v) is 5.86. The zero-order valence-electron chi connectivity index (χ0n) is 19.3. The number of phosphoric ester groups is 1. The van der Waals surface area contributed by atoms with Crippen LogP contribution in [0.15, 0.2) is 42.5 Å². The number of unbranched alkanes of at least 4 members (excludes halogenated alkanes) is 9. The van der Waals surface area contributed by atoms with E-state index in [1.807, 2.05) is 0 Å². The molecule has 7 heteroatoms. The average molecular weight is 464 g/mol. The Balaban J connectivity index is 1.71. The van der Waals surface area contributed by atoms with Crippen molar-refractivity contribution in [1.82, 2.24) is 0 Å². The van der Waals surface area contributed by atoms with E-state index in [1.54, 1.807) is 30.3 Å². The van der Waals surface area contributed by atoms with Crippen LogP contribution < -0.4 is 18.5 Å². The van der Waals surface area contributed by atoms with Crippen LogP contribution in [-0.2, 0) is 4.57 Å². The molecule has 0 aliphatic carbocycles. The second-order valence-electron chi connectivity index (χ2n) is 7.72. The topological polar surface area (TPSA) is 74.2 Å². The van der Waals surface area contributed by atoms with Crippen molar-refractivity contribution in [1.29, 1.82) is 0 Å². The molecule has 1 unspecified atom stereocenters. The zero-order valence-corrected chi connectivity index (χ0v) is 20.1. The first-order valence-corrected chi connectivity index (χ1v) is 13.0. The molecule has 1 atom stereocenters. The number of para-hydroxylation sites is 1. The minimum absolute atomic E-state index is 0.0977. The van der Waals surface area contributed by atoms with Gasteiger partial charge in [-0.3, -0.25) is 4.89 Å². The van der Waals surface area contributed by atoms with Gasteiger partial charge in [-0.1, -0.05) is 82.9 Å². The minimum atomic E-state index is -4.39. The van der Waals surface area contributed by atoms with Crippen LogP contribution in [0.25, 0.3) is 0 Å². The molecule has 0 heterocycles. The molecule has 177 valence electrons. The molecule has 0 amide bonds. The molecule has 1 radical (unpaired) electrons. The van der Waals surface area contributed by atoms with Crippen molar-refractivity contribution in [3.8, 4) is 23.0 Å². The molecule has 0 saturated carbocycles. The highest BCUT2D eigenvalue weighted by molar-refractivity contribution is 7.48. The normalized spacial score (nSPS) is 12.7. The van der Waals surface area contributed by atoms with Crippen molar-refractivity contribution in [2.75, 3.05) is 13.7 Å². The summed E-state index contributed by atoms with van der Waals surface area (Å²) in [6, 6.07) is 14.1. The molecule has 0 spiro atoms. The summed E-state index contributed by atoms with van der Waals surface area (Å²) in [5.41, 5.74) is 0. The standard InChI is InChI=1S/C25H36O6P/c1-3-4-5-6-7-8-9-10-11-15-20-29-23-18-19-24(25(21-23)28-2)31-32(26,27)30-22-16-13-12-14-17-22/h12-14,16,18-19,21H,3-11,15,20H2,1-2H3,(H,26,27). The number of phosphoric acid groups is 1. The van der Waals surface area contributed by atoms with Gasteiger partial charge in [0.15, 0.2) is 11.5 Å². The van der Waals surface area contributed by atoms with E-state index in [0.717, 1.165) is 12.8 Å². The van der Waals surface area contributed by atoms with E-state index in [1.165, 1.54) is 70.6 Å². The molecular formula is C25H36O6P. The lowest BCUT2D eigenvalue weighted by Crippen LogP contribution is -2.02. The molecule has 2 rings (SSSR count). The molecule has 32 heavy (non-hydrogen) atoms. The van der Waals surface area contributed by atoms with Crippen molar-refractivity contribution >= 4 is 7.82 Å². The van der Waals surface area contributed by atoms with Crippen LogP contribution in [0.3, 0.4) is 0 Å². The van der Waals surface area contributed by atoms with E-state index in [2.05, 4.69) is 13.0 Å². The maximum absolute atomic E-state index is 12.3. The first kappa shape index (κ1) is 26.1. The molecule has 2 aromatic rings. The highest BCUT2D eigenvalue weighted by Crippen LogP contribution is 2.47. The molecule has 0 fully saturated rings. The molecule has 2 aromatic carbocycles. The van der Waals surface area contributed by atoms with Gasteiger partial charge in [0.2, 0.25) is 0 Å². The van der Waals surface area contributed by atoms with E-state index in [-0.39, 0.29) is 11.5 Å². The summed E-state index contributed by atoms with van der Waals surface area (Å²) in [7, 11) is -2.93. The van der Waals surface area contributed by atoms with Crippen molar-refractivity contribution in [3.05, 3.63) is 48.5 Å². The number of ether oxygens (including phenoxy) is 2. The number of hydrogen-bond acceptors (Lipinski definition) is 5. The number of methoxy groups -OCH3 is 1. The predicted octanol–water partition coefficient (Wildman–Crippen LogP) is 7.35. The monoisotopic (exact) mass is 463 g/mol. The zero-order chi connectivity index (χ0) is 23.1. The van der Waals surface area contributed by atoms with Crippen LogP contribution in [-0.4, -0.2) is 18.6 Å². The lowest BCUT2D eigenvalue weighted by molar-refractivity contribution is 0.280. The summed E-state index contributed by atoms with van der Waals surface area (Å²) >= 11 is 0. The average Bonchev–Trinajstić information content (AvgIpc) is 2.78. The van der Waals surface area contributed by atoms with Gasteiger partial charge in [-0.05, 0) is 24.6 Å². The van der Waals surface area contributed by atoms with Crippen molar-refractivity contribution in [2.45, 2.75) is 71.1 Å². The Morgan fingerprint density at radius 2 is 1.56 bits per heavy atom. The number of benzene rings is 2. The molecule has 0 saturated heterocycles. The molecule has 1 N–H and O–H groups in total. The Kier molecular flexibility index (Phi) is 12.1. The second-order valence-corrected chi connectivity index (χ2v) is 9.02. The Morgan fingerprint density at radius 1 is 0.875 bits per heavy atom. The van der Waals surface area contributed by atoms with Crippen molar-refractivity contribution in [3.63, 3.8) is 0 Å². The van der Waals surface area contributed by atoms with Gasteiger partial charge in [-0.2, -0.15) is 0 Å². The van der Waals surface area contributed by atoms with Gasteiger partial charge in [0.25, 0.3) is 0 Å². The number of rotatable bonds is 17. The Hall–Kier alpha value is -2.17. The fourth-order valence-electron chi connectivity index (χ4n) is 3.29. The summed E-state index contributed by atoms with van der Waals surface area (Å²) in [6.45, 7) is 2.86. The van der Waals surface area contributed by atoms with E-state index >= 15 is 0 Å². The number of hydrogen-bond donors (Lipinski definition) is 1. The molecule has 0 aromatic heterocycles. The van der Waals surface area contributed by atoms with Crippen molar-refractivity contribution in [2.24, 2.45) is 0 Å². The van der Waals surface area contributed by atoms with Gasteiger partial charge < -0.3 is 18.5 Å². The van der Waals surface area contributed by atoms with Gasteiger partial charge in [-0.15, -0.1) is 0 Å². The SMILES string of the molecule is CCCCCCCCCCCCOc1ccc(OP(=O)(O)Oc2[c]cccc2)c(OC)c1. The van der Waals surface area contributed by atoms with Crippen molar-refractivity contribution < 1.29 is 28.0 Å². The summed E-state index contributed by atoms with van der Waals surface area (Å²) in [5.74, 6) is 1.13. The van der Waals surface area contributed by atoms with Gasteiger partial charge in [0, 0.05) is 12.1 Å². The minimum Gasteiger partial charge on any atom is -0.493 e. The Labute approximate surface area is 192 Å². The first-order chi connectivity index (χ1) is 15.5. The van der Waals surface area contributed by atoms with E-state index < -0.39 is 7.82 Å². The summed E-state index contributed by atoms with van der Waals surface area (Å²) < 4.78 is 33.6. The van der Waals surface area contributed by atoms with Crippen LogP contribution in [0.4, 0.5) is 0 Å². The lowest BCUT2D eigenvalue weighted by atomic mass is 10.1. The van der Waals surface area contributed by atoms with Crippen LogP contribution in [0.2, 0.25) is 0 Å². The van der Waals surface area contributed by atoms with E-state index in [4.69, 9.17) is 18.5 Å². The van der Waals surface area contributed by atoms with Crippen LogP contribution in [0.5, 0.6) is 23.0 Å². The first-order valence-electron chi connectivity index (χ1n) is 11.5. The van der Waals surface area contributed by atoms with E-state index in [0.29, 0.717) is 18.1 Å². The fourth-order valence-corrected chi connectivity index (χ4v) is 4.09. The summed E-state index contributed by atoms with van der Waals surface area (Å²) in [5, 5.41) is 0. The molecular weight excluding hydrogens is 427 g/mol. The second kappa shape index (κ2) is 14.8. The van der Waals surface area contributed by atoms with Crippen LogP contribution >= 0.6 is 7.82 Å². The maximum atomic E-state index is 12.3. The molecule has 0 bridgehead atoms.